The fraction of sp³-hybridized carbons (Fsp3) is 0.625. The predicted molar refractivity (Wildman–Crippen MR) is 77.0 cm³/mol. The molecule has 1 saturated carbocycles. The third-order valence-electron chi connectivity index (χ3n) is 4.86. The van der Waals surface area contributed by atoms with Gasteiger partial charge in [0.15, 0.2) is 0 Å². The van der Waals surface area contributed by atoms with E-state index in [2.05, 4.69) is 41.8 Å². The molecule has 0 radical (unpaired) electrons. The van der Waals surface area contributed by atoms with Crippen LogP contribution < -0.4 is 10.6 Å². The molecule has 1 unspecified atom stereocenters. The second-order valence-corrected chi connectivity index (χ2v) is 5.98. The quantitative estimate of drug-likeness (QED) is 0.850. The molecule has 2 nitrogen and oxygen atoms in total. The Hall–Kier alpha value is -1.02. The molecule has 0 saturated heterocycles. The van der Waals surface area contributed by atoms with Gasteiger partial charge in [-0.15, -0.1) is 0 Å². The zero-order chi connectivity index (χ0) is 12.4. The van der Waals surface area contributed by atoms with Gasteiger partial charge in [-0.2, -0.15) is 0 Å². The molecular weight excluding hydrogens is 220 g/mol. The molecule has 0 bridgehead atoms. The summed E-state index contributed by atoms with van der Waals surface area (Å²) >= 11 is 0. The average molecular weight is 244 g/mol. The number of benzene rings is 1. The van der Waals surface area contributed by atoms with Crippen LogP contribution in [0.5, 0.6) is 0 Å². The highest BCUT2D eigenvalue weighted by Gasteiger charge is 2.35. The third-order valence-corrected chi connectivity index (χ3v) is 4.86. The van der Waals surface area contributed by atoms with Crippen molar-refractivity contribution in [1.29, 1.82) is 0 Å². The van der Waals surface area contributed by atoms with Gasteiger partial charge in [0.2, 0.25) is 0 Å². The van der Waals surface area contributed by atoms with Crippen LogP contribution in [0.4, 0.5) is 5.69 Å². The Labute approximate surface area is 110 Å². The Bertz CT molecular complexity index is 404. The summed E-state index contributed by atoms with van der Waals surface area (Å²) in [6.07, 6.45) is 6.66. The molecule has 1 aromatic carbocycles. The summed E-state index contributed by atoms with van der Waals surface area (Å²) < 4.78 is 0. The van der Waals surface area contributed by atoms with Crippen molar-refractivity contribution in [1.82, 2.24) is 5.32 Å². The monoisotopic (exact) mass is 244 g/mol. The molecular formula is C16H24N2. The second-order valence-electron chi connectivity index (χ2n) is 5.98. The summed E-state index contributed by atoms with van der Waals surface area (Å²) in [5, 5.41) is 7.41. The van der Waals surface area contributed by atoms with Gasteiger partial charge in [0.25, 0.3) is 0 Å². The number of fused-ring (bicyclic) bond motifs is 1. The fourth-order valence-electron chi connectivity index (χ4n) is 3.27. The average Bonchev–Trinajstić information content (AvgIpc) is 2.38. The first kappa shape index (κ1) is 12.0. The van der Waals surface area contributed by atoms with Crippen LogP contribution in [0.3, 0.4) is 0 Å². The molecule has 98 valence electrons. The van der Waals surface area contributed by atoms with Crippen molar-refractivity contribution in [2.75, 3.05) is 18.4 Å². The second kappa shape index (κ2) is 4.93. The number of hydrogen-bond donors (Lipinski definition) is 2. The maximum absolute atomic E-state index is 3.84. The van der Waals surface area contributed by atoms with E-state index in [1.165, 1.54) is 43.4 Å². The Morgan fingerprint density at radius 2 is 2.17 bits per heavy atom. The van der Waals surface area contributed by atoms with E-state index < -0.39 is 0 Å². The number of rotatable bonds is 4. The molecule has 0 aromatic heterocycles. The van der Waals surface area contributed by atoms with Crippen molar-refractivity contribution < 1.29 is 0 Å². The first-order chi connectivity index (χ1) is 8.81. The zero-order valence-corrected chi connectivity index (χ0v) is 11.3. The Morgan fingerprint density at radius 3 is 2.89 bits per heavy atom. The van der Waals surface area contributed by atoms with Crippen LogP contribution in [0.1, 0.15) is 38.2 Å². The summed E-state index contributed by atoms with van der Waals surface area (Å²) in [5.74, 6) is 0.740. The van der Waals surface area contributed by atoms with E-state index in [9.17, 15) is 0 Å². The number of para-hydroxylation sites is 1. The van der Waals surface area contributed by atoms with Gasteiger partial charge in [-0.25, -0.2) is 0 Å². The Balaban J connectivity index is 1.56. The molecule has 2 heteroatoms. The Kier molecular flexibility index (Phi) is 3.29. The topological polar surface area (TPSA) is 24.1 Å². The minimum atomic E-state index is 0.483. The molecule has 1 fully saturated rings. The van der Waals surface area contributed by atoms with Crippen LogP contribution >= 0.6 is 0 Å². The number of nitrogens with one attached hydrogen (secondary N) is 2. The molecule has 18 heavy (non-hydrogen) atoms. The molecule has 3 rings (SSSR count). The molecule has 1 aliphatic heterocycles. The minimum absolute atomic E-state index is 0.483. The molecule has 1 aliphatic carbocycles. The van der Waals surface area contributed by atoms with Gasteiger partial charge in [0, 0.05) is 24.3 Å². The van der Waals surface area contributed by atoms with Gasteiger partial charge in [0.05, 0.1) is 0 Å². The summed E-state index contributed by atoms with van der Waals surface area (Å²) in [6.45, 7) is 4.60. The SMILES string of the molecule is CCC1(NCC2CNc3ccccc3C2)CCC1. The summed E-state index contributed by atoms with van der Waals surface area (Å²) in [6, 6.07) is 8.71. The zero-order valence-electron chi connectivity index (χ0n) is 11.3. The largest absolute Gasteiger partial charge is 0.384 e. The first-order valence-electron chi connectivity index (χ1n) is 7.38. The van der Waals surface area contributed by atoms with Crippen molar-refractivity contribution in [3.63, 3.8) is 0 Å². The van der Waals surface area contributed by atoms with E-state index in [4.69, 9.17) is 0 Å². The normalized spacial score (nSPS) is 24.8. The maximum atomic E-state index is 3.84. The number of hydrogen-bond acceptors (Lipinski definition) is 2. The lowest BCUT2D eigenvalue weighted by molar-refractivity contribution is 0.169. The van der Waals surface area contributed by atoms with Crippen molar-refractivity contribution >= 4 is 5.69 Å². The molecule has 1 aromatic rings. The highest BCUT2D eigenvalue weighted by Crippen LogP contribution is 2.35. The van der Waals surface area contributed by atoms with Gasteiger partial charge in [-0.1, -0.05) is 25.1 Å². The van der Waals surface area contributed by atoms with E-state index in [-0.39, 0.29) is 0 Å². The molecule has 2 N–H and O–H groups in total. The van der Waals surface area contributed by atoms with Crippen LogP contribution in [0.25, 0.3) is 0 Å². The standard InChI is InChI=1S/C16H24N2/c1-2-16(8-5-9-16)18-12-13-10-14-6-3-4-7-15(14)17-11-13/h3-4,6-7,13,17-18H,2,5,8-12H2,1H3. The lowest BCUT2D eigenvalue weighted by Crippen LogP contribution is -2.52. The van der Waals surface area contributed by atoms with Gasteiger partial charge in [-0.05, 0) is 49.7 Å². The molecule has 2 aliphatic rings. The van der Waals surface area contributed by atoms with E-state index in [1.54, 1.807) is 0 Å². The lowest BCUT2D eigenvalue weighted by atomic mass is 9.74. The van der Waals surface area contributed by atoms with E-state index >= 15 is 0 Å². The van der Waals surface area contributed by atoms with Gasteiger partial charge < -0.3 is 10.6 Å². The highest BCUT2D eigenvalue weighted by molar-refractivity contribution is 5.53. The van der Waals surface area contributed by atoms with Crippen LogP contribution in [0, 0.1) is 5.92 Å². The summed E-state index contributed by atoms with van der Waals surface area (Å²) in [7, 11) is 0. The van der Waals surface area contributed by atoms with Crippen LogP contribution in [-0.2, 0) is 6.42 Å². The van der Waals surface area contributed by atoms with E-state index in [0.29, 0.717) is 5.54 Å². The lowest BCUT2D eigenvalue weighted by Gasteiger charge is -2.43. The van der Waals surface area contributed by atoms with Crippen molar-refractivity contribution in [2.45, 2.75) is 44.6 Å². The molecule has 1 heterocycles. The molecule has 0 spiro atoms. The van der Waals surface area contributed by atoms with Crippen molar-refractivity contribution in [3.05, 3.63) is 29.8 Å². The van der Waals surface area contributed by atoms with Crippen molar-refractivity contribution in [2.24, 2.45) is 5.92 Å². The Morgan fingerprint density at radius 1 is 1.33 bits per heavy atom. The first-order valence-corrected chi connectivity index (χ1v) is 7.38. The van der Waals surface area contributed by atoms with Gasteiger partial charge in [0.1, 0.15) is 0 Å². The molecule has 0 amide bonds. The maximum Gasteiger partial charge on any atom is 0.0372 e. The fourth-order valence-corrected chi connectivity index (χ4v) is 3.27. The van der Waals surface area contributed by atoms with E-state index in [0.717, 1.165) is 19.0 Å². The van der Waals surface area contributed by atoms with E-state index in [1.807, 2.05) is 0 Å². The van der Waals surface area contributed by atoms with Crippen molar-refractivity contribution in [3.8, 4) is 0 Å². The minimum Gasteiger partial charge on any atom is -0.384 e. The van der Waals surface area contributed by atoms with Crippen LogP contribution in [-0.4, -0.2) is 18.6 Å². The predicted octanol–water partition coefficient (Wildman–Crippen LogP) is 3.19. The number of anilines is 1. The smallest absolute Gasteiger partial charge is 0.0372 e. The third kappa shape index (κ3) is 2.26. The van der Waals surface area contributed by atoms with Gasteiger partial charge in [-0.3, -0.25) is 0 Å². The summed E-state index contributed by atoms with van der Waals surface area (Å²) in [5.41, 5.74) is 3.30. The van der Waals surface area contributed by atoms with Crippen LogP contribution in [0.15, 0.2) is 24.3 Å². The van der Waals surface area contributed by atoms with Gasteiger partial charge >= 0.3 is 0 Å². The highest BCUT2D eigenvalue weighted by atomic mass is 15.0. The van der Waals surface area contributed by atoms with Crippen LogP contribution in [0.2, 0.25) is 0 Å². The molecule has 1 atom stereocenters. The summed E-state index contributed by atoms with van der Waals surface area (Å²) in [4.78, 5) is 0.